The van der Waals surface area contributed by atoms with E-state index in [0.29, 0.717) is 12.8 Å². The predicted octanol–water partition coefficient (Wildman–Crippen LogP) is 3.14. The first-order valence-corrected chi connectivity index (χ1v) is 10.4. The van der Waals surface area contributed by atoms with Crippen molar-refractivity contribution in [3.63, 3.8) is 0 Å². The highest BCUT2D eigenvalue weighted by molar-refractivity contribution is 5.73. The van der Waals surface area contributed by atoms with Crippen LogP contribution < -0.4 is 0 Å². The summed E-state index contributed by atoms with van der Waals surface area (Å²) >= 11 is 0. The molecule has 0 saturated heterocycles. The molecular weight excluding hydrogens is 344 g/mol. The van der Waals surface area contributed by atoms with Gasteiger partial charge in [0.05, 0.1) is 24.2 Å². The molecule has 2 aliphatic rings. The molecule has 0 aliphatic heterocycles. The molecule has 0 bridgehead atoms. The van der Waals surface area contributed by atoms with Gasteiger partial charge in [-0.2, -0.15) is 0 Å². The Labute approximate surface area is 162 Å². The van der Waals surface area contributed by atoms with Gasteiger partial charge in [-0.3, -0.25) is 4.79 Å². The van der Waals surface area contributed by atoms with E-state index in [1.807, 2.05) is 25.2 Å². The lowest BCUT2D eigenvalue weighted by Gasteiger charge is -2.21. The minimum absolute atomic E-state index is 0.0693. The number of carbonyl (C=O) groups is 1. The maximum atomic E-state index is 10.9. The molecule has 2 aliphatic carbocycles. The van der Waals surface area contributed by atoms with Crippen molar-refractivity contribution in [2.45, 2.75) is 77.1 Å². The monoisotopic (exact) mass is 380 g/mol. The average molecular weight is 381 g/mol. The number of allylic oxidation sites excluding steroid dienone is 2. The molecule has 0 unspecified atom stereocenters. The van der Waals surface area contributed by atoms with E-state index >= 15 is 0 Å². The third kappa shape index (κ3) is 6.44. The highest BCUT2D eigenvalue weighted by Crippen LogP contribution is 2.42. The summed E-state index contributed by atoms with van der Waals surface area (Å²) in [7, 11) is 0. The minimum atomic E-state index is -0.709. The maximum absolute atomic E-state index is 10.9. The van der Waals surface area contributed by atoms with Crippen LogP contribution in [0.1, 0.15) is 58.8 Å². The third-order valence-corrected chi connectivity index (χ3v) is 6.30. The molecule has 0 aromatic carbocycles. The zero-order valence-electron chi connectivity index (χ0n) is 16.6. The van der Waals surface area contributed by atoms with Gasteiger partial charge < -0.3 is 20.4 Å². The van der Waals surface area contributed by atoms with E-state index in [-0.39, 0.29) is 29.6 Å². The van der Waals surface area contributed by atoms with Gasteiger partial charge in [-0.05, 0) is 43.4 Å². The molecule has 5 heteroatoms. The van der Waals surface area contributed by atoms with Crippen LogP contribution in [0.3, 0.4) is 0 Å². The highest BCUT2D eigenvalue weighted by Gasteiger charge is 2.42. The first-order chi connectivity index (χ1) is 12.8. The standard InChI is InChI=1S/C22H36O5/c1-3-4-7-14(2)19(23)11-10-17-16(20(24)13-21(17)25)9-6-5-8-15-12-18(15)22(26)27/h5-6,10-11,14-21,23-25H,3-4,7-9,12-13H2,1-2H3,(H,26,27)/t14-,15-,16-,17-,18-,19-,20+,21-/m1/s1. The number of aliphatic carboxylic acids is 1. The summed E-state index contributed by atoms with van der Waals surface area (Å²) in [6.07, 6.45) is 11.7. The highest BCUT2D eigenvalue weighted by atomic mass is 16.4. The Morgan fingerprint density at radius 1 is 1.15 bits per heavy atom. The van der Waals surface area contributed by atoms with Gasteiger partial charge in [0, 0.05) is 12.3 Å². The predicted molar refractivity (Wildman–Crippen MR) is 105 cm³/mol. The van der Waals surface area contributed by atoms with Gasteiger partial charge >= 0.3 is 5.97 Å². The van der Waals surface area contributed by atoms with Gasteiger partial charge in [-0.1, -0.05) is 51.0 Å². The Kier molecular flexibility index (Phi) is 8.52. The summed E-state index contributed by atoms with van der Waals surface area (Å²) in [5.74, 6) is -0.706. The molecule has 0 radical (unpaired) electrons. The van der Waals surface area contributed by atoms with Gasteiger partial charge in [0.2, 0.25) is 0 Å². The van der Waals surface area contributed by atoms with Gasteiger partial charge in [-0.25, -0.2) is 0 Å². The van der Waals surface area contributed by atoms with Crippen LogP contribution in [-0.2, 0) is 4.79 Å². The van der Waals surface area contributed by atoms with Crippen LogP contribution in [0, 0.1) is 29.6 Å². The van der Waals surface area contributed by atoms with E-state index in [4.69, 9.17) is 5.11 Å². The second kappa shape index (κ2) is 10.4. The van der Waals surface area contributed by atoms with Crippen molar-refractivity contribution in [1.29, 1.82) is 0 Å². The van der Waals surface area contributed by atoms with Crippen molar-refractivity contribution >= 4 is 5.97 Å². The van der Waals surface area contributed by atoms with E-state index in [1.165, 1.54) is 0 Å². The lowest BCUT2D eigenvalue weighted by molar-refractivity contribution is -0.138. The minimum Gasteiger partial charge on any atom is -0.481 e. The summed E-state index contributed by atoms with van der Waals surface area (Å²) in [6, 6.07) is 0. The lowest BCUT2D eigenvalue weighted by atomic mass is 9.88. The fourth-order valence-corrected chi connectivity index (χ4v) is 4.17. The molecule has 154 valence electrons. The van der Waals surface area contributed by atoms with Crippen molar-refractivity contribution in [3.8, 4) is 0 Å². The number of rotatable bonds is 11. The van der Waals surface area contributed by atoms with Crippen LogP contribution in [0.4, 0.5) is 0 Å². The molecule has 5 nitrogen and oxygen atoms in total. The zero-order valence-corrected chi connectivity index (χ0v) is 16.6. The van der Waals surface area contributed by atoms with Crippen LogP contribution in [0.15, 0.2) is 24.3 Å². The van der Waals surface area contributed by atoms with Crippen molar-refractivity contribution < 1.29 is 25.2 Å². The van der Waals surface area contributed by atoms with E-state index in [9.17, 15) is 20.1 Å². The fraction of sp³-hybridized carbons (Fsp3) is 0.773. The molecule has 27 heavy (non-hydrogen) atoms. The molecule has 0 aromatic rings. The van der Waals surface area contributed by atoms with Crippen molar-refractivity contribution in [1.82, 2.24) is 0 Å². The SMILES string of the molecule is CCCC[C@@H](C)[C@H](O)C=C[C@@H]1[C@@H](CC=CC[C@@H]2C[C@H]2C(=O)O)[C@@H](O)C[C@H]1O. The lowest BCUT2D eigenvalue weighted by Crippen LogP contribution is -2.21. The average Bonchev–Trinajstić information content (AvgIpc) is 3.35. The number of carboxylic acid groups (broad SMARTS) is 1. The van der Waals surface area contributed by atoms with Crippen molar-refractivity contribution in [2.24, 2.45) is 29.6 Å². The van der Waals surface area contributed by atoms with Gasteiger partial charge in [0.15, 0.2) is 0 Å². The van der Waals surface area contributed by atoms with Crippen LogP contribution in [0.25, 0.3) is 0 Å². The molecule has 0 amide bonds. The summed E-state index contributed by atoms with van der Waals surface area (Å²) in [5.41, 5.74) is 0. The number of hydrogen-bond acceptors (Lipinski definition) is 4. The first-order valence-electron chi connectivity index (χ1n) is 10.4. The normalized spacial score (nSPS) is 35.7. The molecule has 2 rings (SSSR count). The summed E-state index contributed by atoms with van der Waals surface area (Å²) in [4.78, 5) is 10.9. The molecule has 4 N–H and O–H groups in total. The zero-order chi connectivity index (χ0) is 20.0. The van der Waals surface area contributed by atoms with Gasteiger partial charge in [0.25, 0.3) is 0 Å². The van der Waals surface area contributed by atoms with E-state index in [2.05, 4.69) is 6.92 Å². The number of unbranched alkanes of at least 4 members (excludes halogenated alkanes) is 1. The van der Waals surface area contributed by atoms with Gasteiger partial charge in [0.1, 0.15) is 0 Å². The topological polar surface area (TPSA) is 98.0 Å². The molecule has 2 fully saturated rings. The smallest absolute Gasteiger partial charge is 0.306 e. The molecule has 2 saturated carbocycles. The van der Waals surface area contributed by atoms with E-state index in [0.717, 1.165) is 32.1 Å². The van der Waals surface area contributed by atoms with Crippen LogP contribution >= 0.6 is 0 Å². The first kappa shape index (κ1) is 22.1. The third-order valence-electron chi connectivity index (χ3n) is 6.30. The molecular formula is C22H36O5. The second-order valence-corrected chi connectivity index (χ2v) is 8.49. The number of hydrogen-bond donors (Lipinski definition) is 4. The second-order valence-electron chi connectivity index (χ2n) is 8.49. The molecule has 8 atom stereocenters. The Morgan fingerprint density at radius 2 is 1.85 bits per heavy atom. The summed E-state index contributed by atoms with van der Waals surface area (Å²) in [6.45, 7) is 4.17. The molecule has 0 spiro atoms. The van der Waals surface area contributed by atoms with E-state index < -0.39 is 24.3 Å². The van der Waals surface area contributed by atoms with Crippen LogP contribution in [-0.4, -0.2) is 44.7 Å². The fourth-order valence-electron chi connectivity index (χ4n) is 4.17. The summed E-state index contributed by atoms with van der Waals surface area (Å²) in [5, 5.41) is 39.8. The number of aliphatic hydroxyl groups excluding tert-OH is 3. The summed E-state index contributed by atoms with van der Waals surface area (Å²) < 4.78 is 0. The Bertz CT molecular complexity index is 529. The maximum Gasteiger partial charge on any atom is 0.306 e. The van der Waals surface area contributed by atoms with Crippen LogP contribution in [0.5, 0.6) is 0 Å². The quantitative estimate of drug-likeness (QED) is 0.413. The van der Waals surface area contributed by atoms with Gasteiger partial charge in [-0.15, -0.1) is 0 Å². The van der Waals surface area contributed by atoms with E-state index in [1.54, 1.807) is 6.08 Å². The van der Waals surface area contributed by atoms with Crippen molar-refractivity contribution in [2.75, 3.05) is 0 Å². The number of aliphatic hydroxyl groups is 3. The molecule has 0 heterocycles. The largest absolute Gasteiger partial charge is 0.481 e. The number of carboxylic acids is 1. The van der Waals surface area contributed by atoms with Crippen LogP contribution in [0.2, 0.25) is 0 Å². The molecule has 0 aromatic heterocycles. The Hall–Kier alpha value is -1.17. The Morgan fingerprint density at radius 3 is 2.48 bits per heavy atom. The Balaban J connectivity index is 1.84. The van der Waals surface area contributed by atoms with Crippen molar-refractivity contribution in [3.05, 3.63) is 24.3 Å².